The predicted molar refractivity (Wildman–Crippen MR) is 57.2 cm³/mol. The summed E-state index contributed by atoms with van der Waals surface area (Å²) in [6.07, 6.45) is 1.76. The summed E-state index contributed by atoms with van der Waals surface area (Å²) in [5.74, 6) is 11.3. The lowest BCUT2D eigenvalue weighted by Gasteiger charge is -2.10. The summed E-state index contributed by atoms with van der Waals surface area (Å²) in [6, 6.07) is 2.39. The molecular weight excluding hydrogens is 180 g/mol. The molecule has 0 fully saturated rings. The number of hydrogen-bond acceptors (Lipinski definition) is 3. The fraction of sp³-hybridized carbons (Fsp3) is 0.400. The van der Waals surface area contributed by atoms with Crippen LogP contribution in [-0.4, -0.2) is 6.04 Å². The Bertz CT molecular complexity index is 282. The SMILES string of the molecule is CC#CCC(Cc1ccsc1)NN. The minimum Gasteiger partial charge on any atom is -0.271 e. The summed E-state index contributed by atoms with van der Waals surface area (Å²) in [5, 5.41) is 4.22. The van der Waals surface area contributed by atoms with Crippen molar-refractivity contribution in [2.24, 2.45) is 5.84 Å². The maximum Gasteiger partial charge on any atom is 0.0360 e. The molecule has 0 saturated carbocycles. The fourth-order valence-electron chi connectivity index (χ4n) is 1.11. The molecule has 1 unspecified atom stereocenters. The minimum atomic E-state index is 0.266. The summed E-state index contributed by atoms with van der Waals surface area (Å²) < 4.78 is 0. The van der Waals surface area contributed by atoms with E-state index in [0.717, 1.165) is 12.8 Å². The van der Waals surface area contributed by atoms with Gasteiger partial charge in [-0.2, -0.15) is 11.3 Å². The smallest absolute Gasteiger partial charge is 0.0360 e. The molecule has 1 rings (SSSR count). The molecule has 0 aliphatic heterocycles. The zero-order chi connectivity index (χ0) is 9.52. The Morgan fingerprint density at radius 3 is 3.08 bits per heavy atom. The first-order valence-corrected chi connectivity index (χ1v) is 5.18. The Morgan fingerprint density at radius 1 is 1.69 bits per heavy atom. The third-order valence-electron chi connectivity index (χ3n) is 1.82. The van der Waals surface area contributed by atoms with Crippen LogP contribution in [0.5, 0.6) is 0 Å². The first-order chi connectivity index (χ1) is 6.36. The van der Waals surface area contributed by atoms with E-state index in [2.05, 4.69) is 34.1 Å². The average molecular weight is 194 g/mol. The van der Waals surface area contributed by atoms with E-state index in [4.69, 9.17) is 5.84 Å². The van der Waals surface area contributed by atoms with Gasteiger partial charge in [0, 0.05) is 12.5 Å². The highest BCUT2D eigenvalue weighted by atomic mass is 32.1. The maximum absolute atomic E-state index is 5.42. The fourth-order valence-corrected chi connectivity index (χ4v) is 1.79. The van der Waals surface area contributed by atoms with Crippen LogP contribution in [0.4, 0.5) is 0 Å². The third-order valence-corrected chi connectivity index (χ3v) is 2.56. The summed E-state index contributed by atoms with van der Waals surface area (Å²) in [7, 11) is 0. The monoisotopic (exact) mass is 194 g/mol. The van der Waals surface area contributed by atoms with Gasteiger partial charge in [-0.05, 0) is 35.7 Å². The van der Waals surface area contributed by atoms with E-state index in [0.29, 0.717) is 0 Å². The molecule has 0 bridgehead atoms. The van der Waals surface area contributed by atoms with E-state index < -0.39 is 0 Å². The minimum absolute atomic E-state index is 0.266. The molecular formula is C10H14N2S. The van der Waals surface area contributed by atoms with E-state index in [9.17, 15) is 0 Å². The molecule has 0 spiro atoms. The number of nitrogens with two attached hydrogens (primary N) is 1. The van der Waals surface area contributed by atoms with Crippen LogP contribution in [0.1, 0.15) is 18.9 Å². The summed E-state index contributed by atoms with van der Waals surface area (Å²) in [5.41, 5.74) is 4.10. The molecule has 1 atom stereocenters. The van der Waals surface area contributed by atoms with Gasteiger partial charge in [0.15, 0.2) is 0 Å². The predicted octanol–water partition coefficient (Wildman–Crippen LogP) is 1.54. The number of thiophene rings is 1. The van der Waals surface area contributed by atoms with Crippen molar-refractivity contribution >= 4 is 11.3 Å². The van der Waals surface area contributed by atoms with Gasteiger partial charge >= 0.3 is 0 Å². The summed E-state index contributed by atoms with van der Waals surface area (Å²) in [4.78, 5) is 0. The molecule has 3 heteroatoms. The molecule has 3 N–H and O–H groups in total. The van der Waals surface area contributed by atoms with E-state index in [1.54, 1.807) is 11.3 Å². The highest BCUT2D eigenvalue weighted by Crippen LogP contribution is 2.09. The Labute approximate surface area is 83.1 Å². The van der Waals surface area contributed by atoms with Crippen molar-refractivity contribution in [1.82, 2.24) is 5.43 Å². The number of nitrogens with one attached hydrogen (secondary N) is 1. The Kier molecular flexibility index (Phi) is 4.55. The standard InChI is InChI=1S/C10H14N2S/c1-2-3-4-10(12-11)7-9-5-6-13-8-9/h5-6,8,10,12H,4,7,11H2,1H3. The summed E-state index contributed by atoms with van der Waals surface area (Å²) in [6.45, 7) is 1.85. The summed E-state index contributed by atoms with van der Waals surface area (Å²) >= 11 is 1.71. The lowest BCUT2D eigenvalue weighted by Crippen LogP contribution is -2.36. The van der Waals surface area contributed by atoms with Crippen molar-refractivity contribution in [3.8, 4) is 11.8 Å². The van der Waals surface area contributed by atoms with Crippen LogP contribution in [0, 0.1) is 11.8 Å². The molecule has 70 valence electrons. The quantitative estimate of drug-likeness (QED) is 0.433. The third kappa shape index (κ3) is 3.60. The topological polar surface area (TPSA) is 38.0 Å². The van der Waals surface area contributed by atoms with Crippen LogP contribution in [0.3, 0.4) is 0 Å². The second kappa shape index (κ2) is 5.76. The molecule has 0 aliphatic rings. The highest BCUT2D eigenvalue weighted by Gasteiger charge is 2.05. The Morgan fingerprint density at radius 2 is 2.54 bits per heavy atom. The van der Waals surface area contributed by atoms with Crippen molar-refractivity contribution in [1.29, 1.82) is 0 Å². The van der Waals surface area contributed by atoms with E-state index in [1.807, 2.05) is 6.92 Å². The highest BCUT2D eigenvalue weighted by molar-refractivity contribution is 7.07. The zero-order valence-corrected chi connectivity index (χ0v) is 8.53. The van der Waals surface area contributed by atoms with Crippen LogP contribution >= 0.6 is 11.3 Å². The Balaban J connectivity index is 2.43. The number of hydrazine groups is 1. The van der Waals surface area contributed by atoms with Crippen LogP contribution in [-0.2, 0) is 6.42 Å². The lowest BCUT2D eigenvalue weighted by atomic mass is 10.1. The largest absolute Gasteiger partial charge is 0.271 e. The second-order valence-electron chi connectivity index (χ2n) is 2.83. The zero-order valence-electron chi connectivity index (χ0n) is 7.71. The van der Waals surface area contributed by atoms with Crippen molar-refractivity contribution in [3.05, 3.63) is 22.4 Å². The normalized spacial score (nSPS) is 11.8. The molecule has 1 aromatic rings. The molecule has 2 nitrogen and oxygen atoms in total. The van der Waals surface area contributed by atoms with Crippen molar-refractivity contribution < 1.29 is 0 Å². The van der Waals surface area contributed by atoms with Gasteiger partial charge in [0.25, 0.3) is 0 Å². The van der Waals surface area contributed by atoms with Gasteiger partial charge in [-0.3, -0.25) is 11.3 Å². The molecule has 0 aromatic carbocycles. The maximum atomic E-state index is 5.42. The molecule has 0 saturated heterocycles. The molecule has 1 heterocycles. The van der Waals surface area contributed by atoms with Crippen LogP contribution in [0.15, 0.2) is 16.8 Å². The van der Waals surface area contributed by atoms with Crippen LogP contribution in [0.2, 0.25) is 0 Å². The van der Waals surface area contributed by atoms with Gasteiger partial charge in [0.2, 0.25) is 0 Å². The van der Waals surface area contributed by atoms with Gasteiger partial charge in [-0.1, -0.05) is 0 Å². The van der Waals surface area contributed by atoms with E-state index in [-0.39, 0.29) is 6.04 Å². The van der Waals surface area contributed by atoms with Gasteiger partial charge in [-0.25, -0.2) is 0 Å². The number of rotatable bonds is 4. The molecule has 0 radical (unpaired) electrons. The van der Waals surface area contributed by atoms with Crippen LogP contribution in [0.25, 0.3) is 0 Å². The molecule has 0 aliphatic carbocycles. The van der Waals surface area contributed by atoms with Crippen molar-refractivity contribution in [2.75, 3.05) is 0 Å². The van der Waals surface area contributed by atoms with Gasteiger partial charge in [0.1, 0.15) is 0 Å². The lowest BCUT2D eigenvalue weighted by molar-refractivity contribution is 0.537. The second-order valence-corrected chi connectivity index (χ2v) is 3.61. The van der Waals surface area contributed by atoms with E-state index >= 15 is 0 Å². The van der Waals surface area contributed by atoms with Gasteiger partial charge in [-0.15, -0.1) is 11.8 Å². The average Bonchev–Trinajstić information content (AvgIpc) is 2.64. The molecule has 0 amide bonds. The van der Waals surface area contributed by atoms with Gasteiger partial charge in [0.05, 0.1) is 0 Å². The van der Waals surface area contributed by atoms with E-state index in [1.165, 1.54) is 5.56 Å². The number of hydrogen-bond donors (Lipinski definition) is 2. The first kappa shape index (κ1) is 10.3. The first-order valence-electron chi connectivity index (χ1n) is 4.23. The van der Waals surface area contributed by atoms with Crippen LogP contribution < -0.4 is 11.3 Å². The van der Waals surface area contributed by atoms with Gasteiger partial charge < -0.3 is 0 Å². The van der Waals surface area contributed by atoms with Crippen molar-refractivity contribution in [3.63, 3.8) is 0 Å². The molecule has 13 heavy (non-hydrogen) atoms. The van der Waals surface area contributed by atoms with Crippen molar-refractivity contribution in [2.45, 2.75) is 25.8 Å². The molecule has 1 aromatic heterocycles. The Hall–Kier alpha value is -0.820.